The van der Waals surface area contributed by atoms with Crippen LogP contribution in [-0.4, -0.2) is 44.0 Å². The van der Waals surface area contributed by atoms with E-state index in [-0.39, 0.29) is 17.7 Å². The number of rotatable bonds is 5. The third kappa shape index (κ3) is 4.63. The molecule has 1 unspecified atom stereocenters. The van der Waals surface area contributed by atoms with Crippen molar-refractivity contribution in [2.24, 2.45) is 5.92 Å². The summed E-state index contributed by atoms with van der Waals surface area (Å²) in [7, 11) is 3.13. The summed E-state index contributed by atoms with van der Waals surface area (Å²) in [6.07, 6.45) is 1.56. The van der Waals surface area contributed by atoms with Crippen LogP contribution in [0.1, 0.15) is 28.8 Å². The topological polar surface area (TPSA) is 67.9 Å². The number of methoxy groups -OCH3 is 2. The molecule has 1 N–H and O–H groups in total. The third-order valence-electron chi connectivity index (χ3n) is 5.00. The Morgan fingerprint density at radius 2 is 1.68 bits per heavy atom. The number of hydrogen-bond acceptors (Lipinski definition) is 4. The lowest BCUT2D eigenvalue weighted by Crippen LogP contribution is -2.43. The highest BCUT2D eigenvalue weighted by atomic mass is 16.5. The molecule has 1 saturated heterocycles. The van der Waals surface area contributed by atoms with Crippen LogP contribution in [0.3, 0.4) is 0 Å². The highest BCUT2D eigenvalue weighted by Gasteiger charge is 2.29. The Bertz CT molecular complexity index is 826. The predicted octanol–water partition coefficient (Wildman–Crippen LogP) is 3.50. The molecule has 148 valence electrons. The van der Waals surface area contributed by atoms with E-state index in [0.717, 1.165) is 18.4 Å². The Morgan fingerprint density at radius 3 is 2.29 bits per heavy atom. The van der Waals surface area contributed by atoms with Gasteiger partial charge in [0.15, 0.2) is 0 Å². The number of benzene rings is 2. The summed E-state index contributed by atoms with van der Waals surface area (Å²) in [5.74, 6) is 0.835. The lowest BCUT2D eigenvalue weighted by Gasteiger charge is -2.32. The maximum absolute atomic E-state index is 12.8. The van der Waals surface area contributed by atoms with Crippen LogP contribution in [0, 0.1) is 12.8 Å². The van der Waals surface area contributed by atoms with Gasteiger partial charge in [0.25, 0.3) is 5.91 Å². The van der Waals surface area contributed by atoms with Crippen LogP contribution < -0.4 is 14.8 Å². The van der Waals surface area contributed by atoms with E-state index < -0.39 is 0 Å². The minimum Gasteiger partial charge on any atom is -0.497 e. The number of nitrogens with zero attached hydrogens (tertiary/aromatic N) is 1. The molecule has 1 atom stereocenters. The summed E-state index contributed by atoms with van der Waals surface area (Å²) < 4.78 is 10.5. The number of piperidine rings is 1. The van der Waals surface area contributed by atoms with Crippen molar-refractivity contribution >= 4 is 17.5 Å². The monoisotopic (exact) mass is 382 g/mol. The first kappa shape index (κ1) is 19.7. The third-order valence-corrected chi connectivity index (χ3v) is 5.00. The molecule has 1 aliphatic rings. The second kappa shape index (κ2) is 8.78. The normalized spacial score (nSPS) is 16.4. The molecule has 2 aromatic rings. The summed E-state index contributed by atoms with van der Waals surface area (Å²) >= 11 is 0. The molecule has 2 aromatic carbocycles. The van der Waals surface area contributed by atoms with Crippen molar-refractivity contribution in [2.45, 2.75) is 19.8 Å². The number of carbonyl (C=O) groups is 2. The van der Waals surface area contributed by atoms with Crippen molar-refractivity contribution in [1.29, 1.82) is 0 Å². The molecule has 6 nitrogen and oxygen atoms in total. The van der Waals surface area contributed by atoms with Crippen molar-refractivity contribution in [3.8, 4) is 11.5 Å². The summed E-state index contributed by atoms with van der Waals surface area (Å²) in [6.45, 7) is 3.08. The Labute approximate surface area is 165 Å². The van der Waals surface area contributed by atoms with Crippen LogP contribution in [-0.2, 0) is 4.79 Å². The Morgan fingerprint density at radius 1 is 1.04 bits per heavy atom. The molecular weight excluding hydrogens is 356 g/mol. The Balaban J connectivity index is 1.67. The molecule has 2 amide bonds. The molecule has 3 rings (SSSR count). The van der Waals surface area contributed by atoms with Gasteiger partial charge in [0.2, 0.25) is 5.91 Å². The van der Waals surface area contributed by atoms with E-state index in [2.05, 4.69) is 5.32 Å². The number of hydrogen-bond donors (Lipinski definition) is 1. The molecular formula is C22H26N2O4. The van der Waals surface area contributed by atoms with Gasteiger partial charge in [0, 0.05) is 42.5 Å². The number of nitrogens with one attached hydrogen (secondary N) is 1. The van der Waals surface area contributed by atoms with Gasteiger partial charge in [0.05, 0.1) is 20.1 Å². The molecule has 6 heteroatoms. The zero-order valence-corrected chi connectivity index (χ0v) is 16.5. The predicted molar refractivity (Wildman–Crippen MR) is 108 cm³/mol. The Hall–Kier alpha value is -3.02. The average molecular weight is 382 g/mol. The zero-order valence-electron chi connectivity index (χ0n) is 16.5. The van der Waals surface area contributed by atoms with E-state index in [1.54, 1.807) is 37.3 Å². The van der Waals surface area contributed by atoms with Crippen molar-refractivity contribution in [3.05, 3.63) is 53.6 Å². The summed E-state index contributed by atoms with van der Waals surface area (Å²) in [5, 5.41) is 2.93. The van der Waals surface area contributed by atoms with Gasteiger partial charge >= 0.3 is 0 Å². The van der Waals surface area contributed by atoms with Crippen molar-refractivity contribution in [2.75, 3.05) is 32.6 Å². The van der Waals surface area contributed by atoms with Crippen molar-refractivity contribution in [3.63, 3.8) is 0 Å². The smallest absolute Gasteiger partial charge is 0.253 e. The van der Waals surface area contributed by atoms with Gasteiger partial charge in [-0.05, 0) is 31.9 Å². The van der Waals surface area contributed by atoms with E-state index in [1.165, 1.54) is 0 Å². The molecule has 0 bridgehead atoms. The summed E-state index contributed by atoms with van der Waals surface area (Å²) in [5.41, 5.74) is 2.38. The number of carbonyl (C=O) groups excluding carboxylic acids is 2. The van der Waals surface area contributed by atoms with Crippen molar-refractivity contribution < 1.29 is 19.1 Å². The number of anilines is 1. The van der Waals surface area contributed by atoms with Crippen LogP contribution in [0.25, 0.3) is 0 Å². The minimum atomic E-state index is -0.250. The van der Waals surface area contributed by atoms with Crippen LogP contribution >= 0.6 is 0 Å². The number of amides is 2. The van der Waals surface area contributed by atoms with E-state index in [0.29, 0.717) is 35.8 Å². The first-order chi connectivity index (χ1) is 13.5. The summed E-state index contributed by atoms with van der Waals surface area (Å²) in [6, 6.07) is 12.8. The van der Waals surface area contributed by atoms with Crippen LogP contribution in [0.4, 0.5) is 5.69 Å². The molecule has 1 aliphatic heterocycles. The largest absolute Gasteiger partial charge is 0.497 e. The second-order valence-corrected chi connectivity index (χ2v) is 7.05. The van der Waals surface area contributed by atoms with Gasteiger partial charge in [-0.3, -0.25) is 9.59 Å². The molecule has 0 aromatic heterocycles. The number of aryl methyl sites for hydroxylation is 1. The van der Waals surface area contributed by atoms with Crippen LogP contribution in [0.5, 0.6) is 11.5 Å². The average Bonchev–Trinajstić information content (AvgIpc) is 2.73. The van der Waals surface area contributed by atoms with E-state index in [9.17, 15) is 9.59 Å². The van der Waals surface area contributed by atoms with Gasteiger partial charge in [-0.2, -0.15) is 0 Å². The second-order valence-electron chi connectivity index (χ2n) is 7.05. The Kier molecular flexibility index (Phi) is 6.19. The van der Waals surface area contributed by atoms with Crippen LogP contribution in [0.15, 0.2) is 42.5 Å². The van der Waals surface area contributed by atoms with Gasteiger partial charge in [-0.15, -0.1) is 0 Å². The molecule has 0 radical (unpaired) electrons. The van der Waals surface area contributed by atoms with E-state index in [1.807, 2.05) is 31.2 Å². The maximum Gasteiger partial charge on any atom is 0.253 e. The van der Waals surface area contributed by atoms with E-state index >= 15 is 0 Å². The van der Waals surface area contributed by atoms with Gasteiger partial charge in [-0.25, -0.2) is 0 Å². The summed E-state index contributed by atoms with van der Waals surface area (Å²) in [4.78, 5) is 27.3. The fourth-order valence-corrected chi connectivity index (χ4v) is 3.38. The van der Waals surface area contributed by atoms with Crippen LogP contribution in [0.2, 0.25) is 0 Å². The molecule has 0 saturated carbocycles. The molecule has 0 aliphatic carbocycles. The molecule has 28 heavy (non-hydrogen) atoms. The minimum absolute atomic E-state index is 0.0273. The zero-order chi connectivity index (χ0) is 20.1. The maximum atomic E-state index is 12.8. The highest BCUT2D eigenvalue weighted by molar-refractivity contribution is 5.96. The molecule has 1 fully saturated rings. The lowest BCUT2D eigenvalue weighted by molar-refractivity contribution is -0.121. The number of likely N-dealkylation sites (tertiary alicyclic amines) is 1. The quantitative estimate of drug-likeness (QED) is 0.859. The van der Waals surface area contributed by atoms with E-state index in [4.69, 9.17) is 9.47 Å². The van der Waals surface area contributed by atoms with Gasteiger partial charge in [0.1, 0.15) is 11.5 Å². The first-order valence-electron chi connectivity index (χ1n) is 9.40. The highest BCUT2D eigenvalue weighted by Crippen LogP contribution is 2.27. The lowest BCUT2D eigenvalue weighted by atomic mass is 9.96. The standard InChI is InChI=1S/C22H26N2O4/c1-15-6-8-16(9-7-15)22(26)24-10-4-5-17(14-24)21(25)23-18-11-19(27-2)13-20(12-18)28-3/h6-9,11-13,17H,4-5,10,14H2,1-3H3,(H,23,25). The SMILES string of the molecule is COc1cc(NC(=O)C2CCCN(C(=O)c3ccc(C)cc3)C2)cc(OC)c1. The molecule has 1 heterocycles. The molecule has 0 spiro atoms. The fraction of sp³-hybridized carbons (Fsp3) is 0.364. The van der Waals surface area contributed by atoms with Crippen molar-refractivity contribution in [1.82, 2.24) is 4.90 Å². The van der Waals surface area contributed by atoms with Gasteiger partial charge in [-0.1, -0.05) is 17.7 Å². The van der Waals surface area contributed by atoms with Gasteiger partial charge < -0.3 is 19.7 Å². The number of ether oxygens (including phenoxy) is 2. The first-order valence-corrected chi connectivity index (χ1v) is 9.40. The fourth-order valence-electron chi connectivity index (χ4n) is 3.38.